The van der Waals surface area contributed by atoms with E-state index in [1.165, 1.54) is 27.7 Å². The Morgan fingerprint density at radius 2 is 1.44 bits per heavy atom. The number of halogens is 6. The Balaban J connectivity index is 0.000000408. The summed E-state index contributed by atoms with van der Waals surface area (Å²) in [6.45, 7) is 20.6. The minimum atomic E-state index is -6.59. The lowest BCUT2D eigenvalue weighted by Gasteiger charge is -2.32. The number of ether oxygens (including phenoxy) is 1. The summed E-state index contributed by atoms with van der Waals surface area (Å²) in [5, 5.41) is 2.30. The molecule has 0 aromatic heterocycles. The van der Waals surface area contributed by atoms with Crippen molar-refractivity contribution in [3.8, 4) is 22.5 Å². The summed E-state index contributed by atoms with van der Waals surface area (Å²) < 4.78 is 125. The van der Waals surface area contributed by atoms with Crippen molar-refractivity contribution in [3.63, 3.8) is 0 Å². The van der Waals surface area contributed by atoms with Crippen molar-refractivity contribution in [2.45, 2.75) is 71.1 Å². The number of carbonyl (C=O) groups is 1. The van der Waals surface area contributed by atoms with Crippen LogP contribution in [-0.4, -0.2) is 94.9 Å². The van der Waals surface area contributed by atoms with Gasteiger partial charge in [-0.15, -0.1) is 0 Å². The third-order valence-electron chi connectivity index (χ3n) is 10.0. The van der Waals surface area contributed by atoms with Gasteiger partial charge in [-0.2, -0.15) is 26.3 Å². The first-order valence-corrected chi connectivity index (χ1v) is 21.8. The molecule has 0 spiro atoms. The zero-order chi connectivity index (χ0) is 44.1. The number of hydrogen-bond donors (Lipinski definition) is 0. The fourth-order valence-electron chi connectivity index (χ4n) is 6.73. The Kier molecular flexibility index (Phi) is 15.1. The molecule has 0 atom stereocenters. The van der Waals surface area contributed by atoms with Crippen LogP contribution in [0.3, 0.4) is 0 Å². The van der Waals surface area contributed by atoms with Gasteiger partial charge in [0.05, 0.1) is 6.07 Å². The maximum Gasteiger partial charge on any atom is 0.512 e. The van der Waals surface area contributed by atoms with Crippen LogP contribution in [0.5, 0.6) is 0 Å². The van der Waals surface area contributed by atoms with Gasteiger partial charge < -0.3 is 14.1 Å². The van der Waals surface area contributed by atoms with E-state index in [1.54, 1.807) is 6.92 Å². The highest BCUT2D eigenvalue weighted by atomic mass is 32.3. The predicted octanol–water partition coefficient (Wildman–Crippen LogP) is 7.56. The summed E-state index contributed by atoms with van der Waals surface area (Å²) in [4.78, 5) is 16.9. The normalized spacial score (nSPS) is 14.6. The van der Waals surface area contributed by atoms with Gasteiger partial charge in [-0.25, -0.2) is 26.2 Å². The highest BCUT2D eigenvalue weighted by molar-refractivity contribution is 8.04. The second-order valence-electron chi connectivity index (χ2n) is 13.8. The van der Waals surface area contributed by atoms with Gasteiger partial charge in [0.15, 0.2) is 0 Å². The number of carbonyl (C=O) groups excluding carboxylic acids is 1. The molecule has 2 aromatic carbocycles. The molecule has 1 fully saturated rings. The number of likely N-dealkylation sites (tertiary alicyclic amines) is 1. The number of esters is 1. The summed E-state index contributed by atoms with van der Waals surface area (Å²) in [6.07, 6.45) is 1.62. The number of alkyl halides is 6. The van der Waals surface area contributed by atoms with Crippen molar-refractivity contribution < 1.29 is 57.1 Å². The number of sulfonamides is 2. The van der Waals surface area contributed by atoms with E-state index < -0.39 is 34.8 Å². The molecule has 0 amide bonds. The fraction of sp³-hybridized carbons (Fsp3) is 0.450. The van der Waals surface area contributed by atoms with Crippen LogP contribution in [0.2, 0.25) is 0 Å². The van der Waals surface area contributed by atoms with Gasteiger partial charge in [0.2, 0.25) is 5.36 Å². The zero-order valence-electron chi connectivity index (χ0n) is 33.7. The van der Waals surface area contributed by atoms with E-state index in [1.807, 2.05) is 0 Å². The van der Waals surface area contributed by atoms with Crippen LogP contribution >= 0.6 is 0 Å². The van der Waals surface area contributed by atoms with Crippen LogP contribution < -0.4 is 14.8 Å². The first kappa shape index (κ1) is 47.2. The Morgan fingerprint density at radius 3 is 1.97 bits per heavy atom. The second-order valence-corrected chi connectivity index (χ2v) is 17.9. The third-order valence-corrected chi connectivity index (χ3v) is 13.7. The molecular formula is C40H49F6N4O7S2+. The molecule has 3 aliphatic rings. The van der Waals surface area contributed by atoms with Crippen LogP contribution in [0, 0.1) is 0 Å². The van der Waals surface area contributed by atoms with E-state index in [2.05, 4.69) is 109 Å². The van der Waals surface area contributed by atoms with E-state index in [-0.39, 0.29) is 19.1 Å². The molecule has 2 aromatic rings. The zero-order valence-corrected chi connectivity index (χ0v) is 35.3. The number of hydrogen-bond acceptors (Lipinski definition) is 9. The van der Waals surface area contributed by atoms with Gasteiger partial charge in [0.25, 0.3) is 0 Å². The molecule has 0 saturated carbocycles. The Hall–Kier alpha value is -4.46. The lowest BCUT2D eigenvalue weighted by atomic mass is 9.90. The molecule has 11 nitrogen and oxygen atoms in total. The van der Waals surface area contributed by atoms with E-state index in [4.69, 9.17) is 9.15 Å². The standard InChI is InChI=1S/C37H46N3O3.C3H3F6NO4S2/c1-7-39(8-2)28-15-17-32-34(23-28)43-35-24-29(40(9-3)10-4)16-18-33(35)36(32)31-14-12-11-13-27(31)25-38-21-19-30(20-22-38)42-37(41)26(5)6;1-10(15(11,12)2(4,5)6)16(13,14)3(7,8)9/h11-18,23-24,30H,5,7-10,19-22,25H2,1-4,6H3;1H3/q+1;. The van der Waals surface area contributed by atoms with Crippen LogP contribution in [0.4, 0.5) is 32.0 Å². The van der Waals surface area contributed by atoms with Gasteiger partial charge in [-0.05, 0) is 76.8 Å². The smallest absolute Gasteiger partial charge is 0.459 e. The Bertz CT molecular complexity index is 2350. The monoisotopic (exact) mass is 875 g/mol. The number of anilines is 1. The Morgan fingerprint density at radius 1 is 0.864 bits per heavy atom. The highest BCUT2D eigenvalue weighted by Crippen LogP contribution is 2.42. The topological polar surface area (TPSA) is 120 Å². The number of fused-ring (bicyclic) bond motifs is 2. The van der Waals surface area contributed by atoms with E-state index in [0.717, 1.165) is 80.9 Å². The summed E-state index contributed by atoms with van der Waals surface area (Å²) in [5.74, 6) is 0.615. The maximum atomic E-state index is 12.0. The second kappa shape index (κ2) is 18.9. The minimum absolute atomic E-state index is 0.0423. The molecule has 324 valence electrons. The average Bonchev–Trinajstić information content (AvgIpc) is 3.18. The molecule has 2 aliphatic heterocycles. The van der Waals surface area contributed by atoms with Crippen LogP contribution in [0.15, 0.2) is 77.2 Å². The lowest BCUT2D eigenvalue weighted by molar-refractivity contribution is -0.146. The molecule has 2 heterocycles. The largest absolute Gasteiger partial charge is 0.512 e. The molecule has 0 N–H and O–H groups in total. The average molecular weight is 876 g/mol. The SMILES string of the molecule is C=C(C)C(=O)OC1CCN(Cc2ccccc2-c2c3ccc(=[N+](CC)CC)cc-3oc3cc(N(CC)CC)ccc23)CC1.CN(S(=O)(=O)C(F)(F)F)S(=O)(=O)C(F)(F)F. The first-order valence-electron chi connectivity index (χ1n) is 18.9. The van der Waals surface area contributed by atoms with Crippen molar-refractivity contribution in [1.29, 1.82) is 0 Å². The first-order chi connectivity index (χ1) is 27.5. The Labute approximate surface area is 340 Å². The molecule has 19 heteroatoms. The van der Waals surface area contributed by atoms with Gasteiger partial charge in [0, 0.05) is 79.7 Å². The van der Waals surface area contributed by atoms with E-state index >= 15 is 0 Å². The number of rotatable bonds is 12. The third kappa shape index (κ3) is 10.5. The van der Waals surface area contributed by atoms with Crippen molar-refractivity contribution in [3.05, 3.63) is 83.7 Å². The number of piperidine rings is 1. The molecule has 0 bridgehead atoms. The van der Waals surface area contributed by atoms with Crippen molar-refractivity contribution in [1.82, 2.24) is 13.2 Å². The summed E-state index contributed by atoms with van der Waals surface area (Å²) in [6, 6.07) is 22.1. The molecule has 1 aliphatic carbocycles. The number of nitrogens with zero attached hydrogens (tertiary/aromatic N) is 4. The van der Waals surface area contributed by atoms with Crippen LogP contribution in [0.1, 0.15) is 53.0 Å². The molecule has 59 heavy (non-hydrogen) atoms. The lowest BCUT2D eigenvalue weighted by Crippen LogP contribution is -2.46. The van der Waals surface area contributed by atoms with Gasteiger partial charge in [-0.1, -0.05) is 34.6 Å². The van der Waals surface area contributed by atoms with Gasteiger partial charge >= 0.3 is 37.0 Å². The molecular weight excluding hydrogens is 827 g/mol. The van der Waals surface area contributed by atoms with E-state index in [9.17, 15) is 48.0 Å². The van der Waals surface area contributed by atoms with Crippen molar-refractivity contribution in [2.75, 3.05) is 51.2 Å². The maximum absolute atomic E-state index is 12.0. The molecule has 5 rings (SSSR count). The predicted molar refractivity (Wildman–Crippen MR) is 215 cm³/mol. The summed E-state index contributed by atoms with van der Waals surface area (Å²) in [5.41, 5.74) is -4.89. The molecule has 0 unspecified atom stereocenters. The van der Waals surface area contributed by atoms with Gasteiger partial charge in [0.1, 0.15) is 30.5 Å². The highest BCUT2D eigenvalue weighted by Gasteiger charge is 2.59. The van der Waals surface area contributed by atoms with Crippen molar-refractivity contribution >= 4 is 42.7 Å². The quantitative estimate of drug-likeness (QED) is 0.0467. The molecule has 0 radical (unpaired) electrons. The van der Waals surface area contributed by atoms with Crippen molar-refractivity contribution in [2.24, 2.45) is 0 Å². The van der Waals surface area contributed by atoms with Gasteiger partial charge in [-0.3, -0.25) is 4.90 Å². The minimum Gasteiger partial charge on any atom is -0.459 e. The van der Waals surface area contributed by atoms with E-state index in [0.29, 0.717) is 5.57 Å². The van der Waals surface area contributed by atoms with Crippen LogP contribution in [0.25, 0.3) is 33.4 Å². The van der Waals surface area contributed by atoms with Crippen LogP contribution in [-0.2, 0) is 36.1 Å². The number of benzene rings is 3. The summed E-state index contributed by atoms with van der Waals surface area (Å²) in [7, 11) is -13.5. The summed E-state index contributed by atoms with van der Waals surface area (Å²) >= 11 is 0. The fourth-order valence-corrected chi connectivity index (χ4v) is 8.85. The molecule has 1 saturated heterocycles.